The molecule has 2 atom stereocenters. The van der Waals surface area contributed by atoms with E-state index < -0.39 is 6.10 Å². The van der Waals surface area contributed by atoms with Crippen molar-refractivity contribution < 1.29 is 9.90 Å². The molecule has 1 amide bonds. The van der Waals surface area contributed by atoms with E-state index in [1.807, 2.05) is 73.8 Å². The van der Waals surface area contributed by atoms with Crippen LogP contribution in [-0.4, -0.2) is 51.9 Å². The highest BCUT2D eigenvalue weighted by molar-refractivity contribution is 5.95. The molecule has 1 fully saturated rings. The second-order valence-corrected chi connectivity index (χ2v) is 8.09. The van der Waals surface area contributed by atoms with E-state index in [1.165, 1.54) is 0 Å². The van der Waals surface area contributed by atoms with E-state index in [0.29, 0.717) is 18.7 Å². The number of amides is 1. The number of carbonyl (C=O) groups is 1. The summed E-state index contributed by atoms with van der Waals surface area (Å²) in [6.07, 6.45) is 3.31. The average Bonchev–Trinajstić information content (AvgIpc) is 3.26. The smallest absolute Gasteiger partial charge is 0.254 e. The van der Waals surface area contributed by atoms with Gasteiger partial charge < -0.3 is 10.4 Å². The Hall–Kier alpha value is -2.96. The lowest BCUT2D eigenvalue weighted by Gasteiger charge is -2.33. The molecule has 2 N–H and O–H groups in total. The van der Waals surface area contributed by atoms with Crippen molar-refractivity contribution in [2.75, 3.05) is 26.2 Å². The van der Waals surface area contributed by atoms with E-state index in [-0.39, 0.29) is 11.8 Å². The van der Waals surface area contributed by atoms with Gasteiger partial charge in [-0.2, -0.15) is 5.10 Å². The van der Waals surface area contributed by atoms with Crippen molar-refractivity contribution in [2.45, 2.75) is 31.8 Å². The summed E-state index contributed by atoms with van der Waals surface area (Å²) in [4.78, 5) is 15.1. The fourth-order valence-corrected chi connectivity index (χ4v) is 4.30. The second kappa shape index (κ2) is 9.90. The van der Waals surface area contributed by atoms with Gasteiger partial charge in [-0.15, -0.1) is 0 Å². The third-order valence-corrected chi connectivity index (χ3v) is 5.85. The first-order valence-corrected chi connectivity index (χ1v) is 11.0. The van der Waals surface area contributed by atoms with Crippen molar-refractivity contribution in [2.24, 2.45) is 0 Å². The molecule has 3 aromatic rings. The zero-order valence-electron chi connectivity index (χ0n) is 17.9. The molecule has 1 aliphatic heterocycles. The number of piperidine rings is 1. The predicted octanol–water partition coefficient (Wildman–Crippen LogP) is 3.54. The Bertz CT molecular complexity index is 987. The van der Waals surface area contributed by atoms with E-state index in [1.54, 1.807) is 4.68 Å². The third kappa shape index (κ3) is 5.03. The quantitative estimate of drug-likeness (QED) is 0.616. The fraction of sp³-hybridized carbons (Fsp3) is 0.360. The number of nitrogens with zero attached hydrogens (tertiary/aromatic N) is 3. The van der Waals surface area contributed by atoms with Crippen LogP contribution >= 0.6 is 0 Å². The van der Waals surface area contributed by atoms with E-state index in [4.69, 9.17) is 5.10 Å². The van der Waals surface area contributed by atoms with Gasteiger partial charge in [-0.3, -0.25) is 9.69 Å². The van der Waals surface area contributed by atoms with Gasteiger partial charge in [0.15, 0.2) is 0 Å². The molecule has 4 rings (SSSR count). The molecule has 162 valence electrons. The number of likely N-dealkylation sites (tertiary alicyclic amines) is 1. The molecule has 1 aliphatic rings. The minimum absolute atomic E-state index is 0.0823. The molecule has 0 aliphatic carbocycles. The lowest BCUT2D eigenvalue weighted by Crippen LogP contribution is -2.38. The fourth-order valence-electron chi connectivity index (χ4n) is 4.30. The van der Waals surface area contributed by atoms with E-state index in [2.05, 4.69) is 10.2 Å². The lowest BCUT2D eigenvalue weighted by molar-refractivity contribution is 0.0923. The number of nitrogens with one attached hydrogen (secondary N) is 1. The molecular weight excluding hydrogens is 388 g/mol. The molecule has 2 aromatic carbocycles. The minimum Gasteiger partial charge on any atom is -0.387 e. The number of β-amino-alcohol motifs (C(OH)–C–C–N with tert-alkyl or cyclic N) is 1. The van der Waals surface area contributed by atoms with Crippen LogP contribution in [0.5, 0.6) is 0 Å². The number of aromatic nitrogens is 2. The van der Waals surface area contributed by atoms with Gasteiger partial charge in [0, 0.05) is 31.7 Å². The van der Waals surface area contributed by atoms with Crippen LogP contribution in [-0.2, 0) is 0 Å². The molecule has 0 spiro atoms. The van der Waals surface area contributed by atoms with Gasteiger partial charge in [-0.05, 0) is 44.0 Å². The Morgan fingerprint density at radius 1 is 1.16 bits per heavy atom. The molecule has 1 aromatic heterocycles. The van der Waals surface area contributed by atoms with Gasteiger partial charge in [0.2, 0.25) is 0 Å². The molecule has 0 unspecified atom stereocenters. The number of aliphatic hydroxyl groups is 1. The van der Waals surface area contributed by atoms with E-state index >= 15 is 0 Å². The predicted molar refractivity (Wildman–Crippen MR) is 121 cm³/mol. The summed E-state index contributed by atoms with van der Waals surface area (Å²) in [6, 6.07) is 19.7. The van der Waals surface area contributed by atoms with Gasteiger partial charge >= 0.3 is 0 Å². The number of para-hydroxylation sites is 1. The number of benzene rings is 2. The van der Waals surface area contributed by atoms with Gasteiger partial charge in [-0.25, -0.2) is 4.68 Å². The molecule has 31 heavy (non-hydrogen) atoms. The van der Waals surface area contributed by atoms with Gasteiger partial charge in [0.05, 0.1) is 23.0 Å². The SMILES string of the molecule is CCNC(=O)c1cn(-c2ccccc2)nc1[C@@H]1CCCN(C[C@H](O)c2ccccc2)C1. The Kier molecular flexibility index (Phi) is 6.79. The number of carbonyl (C=O) groups excluding carboxylic acids is 1. The van der Waals surface area contributed by atoms with E-state index in [0.717, 1.165) is 42.9 Å². The first-order chi connectivity index (χ1) is 15.2. The lowest BCUT2D eigenvalue weighted by atomic mass is 9.92. The summed E-state index contributed by atoms with van der Waals surface area (Å²) in [6.45, 7) is 4.80. The van der Waals surface area contributed by atoms with Crippen molar-refractivity contribution in [1.29, 1.82) is 0 Å². The number of hydrogen-bond acceptors (Lipinski definition) is 4. The van der Waals surface area contributed by atoms with Gasteiger partial charge in [0.25, 0.3) is 5.91 Å². The summed E-state index contributed by atoms with van der Waals surface area (Å²) in [7, 11) is 0. The standard InChI is InChI=1S/C25H30N4O2/c1-2-26-25(31)22-17-29(21-13-7-4-8-14-21)27-24(22)20-12-9-15-28(16-20)18-23(30)19-10-5-3-6-11-19/h3-8,10-11,13-14,17,20,23,30H,2,9,12,15-16,18H2,1H3,(H,26,31)/t20-,23+/m1/s1. The highest BCUT2D eigenvalue weighted by atomic mass is 16.3. The second-order valence-electron chi connectivity index (χ2n) is 8.09. The maximum Gasteiger partial charge on any atom is 0.254 e. The molecule has 0 bridgehead atoms. The zero-order valence-corrected chi connectivity index (χ0v) is 17.9. The van der Waals surface area contributed by atoms with Crippen LogP contribution < -0.4 is 5.32 Å². The molecule has 6 heteroatoms. The highest BCUT2D eigenvalue weighted by Crippen LogP contribution is 2.30. The monoisotopic (exact) mass is 418 g/mol. The largest absolute Gasteiger partial charge is 0.387 e. The van der Waals surface area contributed by atoms with Gasteiger partial charge in [-0.1, -0.05) is 48.5 Å². The summed E-state index contributed by atoms with van der Waals surface area (Å²) in [5.41, 5.74) is 3.35. The molecule has 0 radical (unpaired) electrons. The molecule has 0 saturated carbocycles. The normalized spacial score (nSPS) is 17.9. The Morgan fingerprint density at radius 3 is 2.58 bits per heavy atom. The van der Waals surface area contributed by atoms with Crippen LogP contribution in [0.4, 0.5) is 0 Å². The summed E-state index contributed by atoms with van der Waals surface area (Å²) < 4.78 is 1.80. The van der Waals surface area contributed by atoms with Crippen LogP contribution in [0.25, 0.3) is 5.69 Å². The van der Waals surface area contributed by atoms with Crippen LogP contribution in [0.1, 0.15) is 53.4 Å². The van der Waals surface area contributed by atoms with Crippen LogP contribution in [0.2, 0.25) is 0 Å². The Labute approximate surface area is 183 Å². The van der Waals surface area contributed by atoms with Gasteiger partial charge in [0.1, 0.15) is 0 Å². The Morgan fingerprint density at radius 2 is 1.87 bits per heavy atom. The summed E-state index contributed by atoms with van der Waals surface area (Å²) in [5.74, 6) is 0.0698. The van der Waals surface area contributed by atoms with E-state index in [9.17, 15) is 9.90 Å². The number of aliphatic hydroxyl groups excluding tert-OH is 1. The number of hydrogen-bond donors (Lipinski definition) is 2. The first-order valence-electron chi connectivity index (χ1n) is 11.0. The van der Waals surface area contributed by atoms with Crippen molar-refractivity contribution in [3.8, 4) is 5.69 Å². The maximum atomic E-state index is 12.8. The van der Waals surface area contributed by atoms with Crippen LogP contribution in [0.3, 0.4) is 0 Å². The molecular formula is C25H30N4O2. The molecule has 1 saturated heterocycles. The number of rotatable bonds is 7. The van der Waals surface area contributed by atoms with Crippen molar-refractivity contribution in [3.63, 3.8) is 0 Å². The zero-order chi connectivity index (χ0) is 21.6. The minimum atomic E-state index is -0.523. The maximum absolute atomic E-state index is 12.8. The topological polar surface area (TPSA) is 70.4 Å². The van der Waals surface area contributed by atoms with Crippen LogP contribution in [0.15, 0.2) is 66.9 Å². The average molecular weight is 419 g/mol. The van der Waals surface area contributed by atoms with Crippen molar-refractivity contribution in [1.82, 2.24) is 20.0 Å². The third-order valence-electron chi connectivity index (χ3n) is 5.85. The van der Waals surface area contributed by atoms with Crippen LogP contribution in [0, 0.1) is 0 Å². The Balaban J connectivity index is 1.55. The van der Waals surface area contributed by atoms with Crippen molar-refractivity contribution in [3.05, 3.63) is 83.7 Å². The first kappa shape index (κ1) is 21.3. The summed E-state index contributed by atoms with van der Waals surface area (Å²) >= 11 is 0. The highest BCUT2D eigenvalue weighted by Gasteiger charge is 2.29. The summed E-state index contributed by atoms with van der Waals surface area (Å²) in [5, 5.41) is 18.4. The molecule has 2 heterocycles. The molecule has 6 nitrogen and oxygen atoms in total. The van der Waals surface area contributed by atoms with Crippen molar-refractivity contribution >= 4 is 5.91 Å².